The molecule has 1 aliphatic carbocycles. The summed E-state index contributed by atoms with van der Waals surface area (Å²) in [6, 6.07) is 5.81. The summed E-state index contributed by atoms with van der Waals surface area (Å²) in [7, 11) is 0. The Labute approximate surface area is 137 Å². The van der Waals surface area contributed by atoms with Crippen LogP contribution < -0.4 is 0 Å². The number of hydrogen-bond donors (Lipinski definition) is 1. The van der Waals surface area contributed by atoms with E-state index in [1.807, 2.05) is 23.1 Å². The van der Waals surface area contributed by atoms with Gasteiger partial charge in [0.2, 0.25) is 5.91 Å². The molecule has 2 fully saturated rings. The molecule has 126 valence electrons. The van der Waals surface area contributed by atoms with Crippen molar-refractivity contribution in [2.45, 2.75) is 50.7 Å². The van der Waals surface area contributed by atoms with E-state index in [1.165, 1.54) is 0 Å². The molecule has 0 bridgehead atoms. The predicted octanol–water partition coefficient (Wildman–Crippen LogP) is 1.79. The molecule has 5 nitrogen and oxygen atoms in total. The van der Waals surface area contributed by atoms with Crippen molar-refractivity contribution in [2.75, 3.05) is 19.8 Å². The van der Waals surface area contributed by atoms with Gasteiger partial charge in [0.25, 0.3) is 0 Å². The van der Waals surface area contributed by atoms with Crippen LogP contribution in [0.5, 0.6) is 0 Å². The monoisotopic (exact) mass is 318 g/mol. The first kappa shape index (κ1) is 16.4. The van der Waals surface area contributed by atoms with Gasteiger partial charge in [0, 0.05) is 30.8 Å². The number of carbonyl (C=O) groups is 1. The number of aliphatic hydroxyl groups excluding tert-OH is 1. The number of ether oxygens (including phenoxy) is 1. The third-order valence-corrected chi connectivity index (χ3v) is 5.08. The van der Waals surface area contributed by atoms with Crippen LogP contribution in [0.2, 0.25) is 0 Å². The fourth-order valence-electron chi connectivity index (χ4n) is 3.80. The van der Waals surface area contributed by atoms with Crippen LogP contribution in [0, 0.1) is 5.92 Å². The molecule has 23 heavy (non-hydrogen) atoms. The van der Waals surface area contributed by atoms with Crippen molar-refractivity contribution in [3.8, 4) is 0 Å². The Morgan fingerprint density at radius 1 is 1.35 bits per heavy atom. The normalized spacial score (nSPS) is 28.6. The maximum atomic E-state index is 12.7. The number of morpholine rings is 1. The molecule has 3 atom stereocenters. The summed E-state index contributed by atoms with van der Waals surface area (Å²) in [5.41, 5.74) is 0.948. The van der Waals surface area contributed by atoms with Gasteiger partial charge in [-0.05, 0) is 31.4 Å². The Hall–Kier alpha value is -1.46. The van der Waals surface area contributed by atoms with Gasteiger partial charge in [-0.2, -0.15) is 0 Å². The van der Waals surface area contributed by atoms with Crippen LogP contribution in [-0.2, 0) is 16.0 Å². The minimum atomic E-state index is -0.304. The number of hydrogen-bond acceptors (Lipinski definition) is 4. The van der Waals surface area contributed by atoms with Gasteiger partial charge >= 0.3 is 0 Å². The average Bonchev–Trinajstić information content (AvgIpc) is 2.61. The molecule has 0 aromatic carbocycles. The fraction of sp³-hybridized carbons (Fsp3) is 0.667. The second-order valence-corrected chi connectivity index (χ2v) is 6.57. The number of nitrogens with zero attached hydrogens (tertiary/aromatic N) is 2. The summed E-state index contributed by atoms with van der Waals surface area (Å²) in [5, 5.41) is 10.3. The zero-order valence-corrected chi connectivity index (χ0v) is 13.6. The highest BCUT2D eigenvalue weighted by atomic mass is 16.5. The molecule has 1 saturated carbocycles. The van der Waals surface area contributed by atoms with E-state index in [9.17, 15) is 9.90 Å². The van der Waals surface area contributed by atoms with Crippen LogP contribution in [0.4, 0.5) is 0 Å². The van der Waals surface area contributed by atoms with Gasteiger partial charge in [-0.25, -0.2) is 0 Å². The second kappa shape index (κ2) is 7.88. The van der Waals surface area contributed by atoms with E-state index in [-0.39, 0.29) is 24.0 Å². The molecular formula is C18H26N2O3. The fourth-order valence-corrected chi connectivity index (χ4v) is 3.80. The van der Waals surface area contributed by atoms with Crippen LogP contribution >= 0.6 is 0 Å². The molecule has 2 aliphatic rings. The van der Waals surface area contributed by atoms with Crippen LogP contribution in [0.15, 0.2) is 24.4 Å². The summed E-state index contributed by atoms with van der Waals surface area (Å²) in [5.74, 6) is 0.310. The Kier molecular flexibility index (Phi) is 5.62. The minimum absolute atomic E-state index is 0.0234. The first-order valence-corrected chi connectivity index (χ1v) is 8.71. The molecule has 1 amide bonds. The smallest absolute Gasteiger partial charge is 0.223 e. The van der Waals surface area contributed by atoms with Gasteiger partial charge in [0.05, 0.1) is 25.4 Å². The molecular weight excluding hydrogens is 292 g/mol. The van der Waals surface area contributed by atoms with Gasteiger partial charge in [-0.1, -0.05) is 18.9 Å². The number of aromatic nitrogens is 1. The Morgan fingerprint density at radius 2 is 2.22 bits per heavy atom. The second-order valence-electron chi connectivity index (χ2n) is 6.57. The number of amides is 1. The number of pyridine rings is 1. The van der Waals surface area contributed by atoms with E-state index in [4.69, 9.17) is 4.74 Å². The van der Waals surface area contributed by atoms with Crippen LogP contribution in [0.3, 0.4) is 0 Å². The van der Waals surface area contributed by atoms with Crippen LogP contribution in [-0.4, -0.2) is 52.8 Å². The van der Waals surface area contributed by atoms with Crippen molar-refractivity contribution < 1.29 is 14.6 Å². The lowest BCUT2D eigenvalue weighted by Crippen LogP contribution is -2.55. The summed E-state index contributed by atoms with van der Waals surface area (Å²) in [4.78, 5) is 18.9. The molecule has 1 N–H and O–H groups in total. The average molecular weight is 318 g/mol. The predicted molar refractivity (Wildman–Crippen MR) is 86.8 cm³/mol. The van der Waals surface area contributed by atoms with Gasteiger partial charge in [-0.15, -0.1) is 0 Å². The van der Waals surface area contributed by atoms with E-state index in [0.717, 1.165) is 31.4 Å². The molecule has 2 heterocycles. The molecule has 0 unspecified atom stereocenters. The van der Waals surface area contributed by atoms with Crippen LogP contribution in [0.1, 0.15) is 37.8 Å². The first-order valence-electron chi connectivity index (χ1n) is 8.71. The number of aryl methyl sites for hydroxylation is 1. The Morgan fingerprint density at radius 3 is 3.00 bits per heavy atom. The number of rotatable bonds is 4. The van der Waals surface area contributed by atoms with E-state index in [1.54, 1.807) is 6.20 Å². The standard InChI is InChI=1S/C18H26N2O3/c21-17-7-2-1-6-15(17)16-13-23-12-11-20(16)18(22)9-8-14-5-3-4-10-19-14/h3-5,10,15-17,21H,1-2,6-9,11-13H2/t15-,16+,17-/m0/s1. The van der Waals surface area contributed by atoms with E-state index in [0.29, 0.717) is 32.6 Å². The summed E-state index contributed by atoms with van der Waals surface area (Å²) in [6.07, 6.45) is 6.63. The largest absolute Gasteiger partial charge is 0.393 e. The maximum Gasteiger partial charge on any atom is 0.223 e. The van der Waals surface area contributed by atoms with Gasteiger partial charge < -0.3 is 14.7 Å². The van der Waals surface area contributed by atoms with Crippen molar-refractivity contribution in [2.24, 2.45) is 5.92 Å². The molecule has 0 radical (unpaired) electrons. The van der Waals surface area contributed by atoms with Crippen molar-refractivity contribution >= 4 is 5.91 Å². The zero-order valence-electron chi connectivity index (χ0n) is 13.6. The quantitative estimate of drug-likeness (QED) is 0.919. The number of carbonyl (C=O) groups excluding carboxylic acids is 1. The van der Waals surface area contributed by atoms with Gasteiger partial charge in [-0.3, -0.25) is 9.78 Å². The molecule has 1 aliphatic heterocycles. The third-order valence-electron chi connectivity index (χ3n) is 5.08. The topological polar surface area (TPSA) is 62.7 Å². The Balaban J connectivity index is 1.62. The molecule has 5 heteroatoms. The van der Waals surface area contributed by atoms with Crippen LogP contribution in [0.25, 0.3) is 0 Å². The number of aliphatic hydroxyl groups is 1. The van der Waals surface area contributed by atoms with E-state index in [2.05, 4.69) is 4.98 Å². The van der Waals surface area contributed by atoms with E-state index < -0.39 is 0 Å². The highest BCUT2D eigenvalue weighted by molar-refractivity contribution is 5.77. The highest BCUT2D eigenvalue weighted by Crippen LogP contribution is 2.31. The van der Waals surface area contributed by atoms with Crippen molar-refractivity contribution in [1.29, 1.82) is 0 Å². The molecule has 1 aromatic heterocycles. The summed E-state index contributed by atoms with van der Waals surface area (Å²) in [6.45, 7) is 1.78. The highest BCUT2D eigenvalue weighted by Gasteiger charge is 2.37. The van der Waals surface area contributed by atoms with Gasteiger partial charge in [0.15, 0.2) is 0 Å². The lowest BCUT2D eigenvalue weighted by molar-refractivity contribution is -0.145. The maximum absolute atomic E-state index is 12.7. The first-order chi connectivity index (χ1) is 11.3. The molecule has 1 aromatic rings. The molecule has 0 spiro atoms. The summed E-state index contributed by atoms with van der Waals surface area (Å²) >= 11 is 0. The van der Waals surface area contributed by atoms with Crippen molar-refractivity contribution in [3.05, 3.63) is 30.1 Å². The van der Waals surface area contributed by atoms with Crippen molar-refractivity contribution in [3.63, 3.8) is 0 Å². The molecule has 3 rings (SSSR count). The third kappa shape index (κ3) is 4.09. The van der Waals surface area contributed by atoms with E-state index >= 15 is 0 Å². The van der Waals surface area contributed by atoms with Crippen molar-refractivity contribution in [1.82, 2.24) is 9.88 Å². The van der Waals surface area contributed by atoms with Gasteiger partial charge in [0.1, 0.15) is 0 Å². The Bertz CT molecular complexity index is 508. The summed E-state index contributed by atoms with van der Waals surface area (Å²) < 4.78 is 5.61. The minimum Gasteiger partial charge on any atom is -0.393 e. The zero-order chi connectivity index (χ0) is 16.1. The lowest BCUT2D eigenvalue weighted by Gasteiger charge is -2.43. The molecule has 1 saturated heterocycles. The lowest BCUT2D eigenvalue weighted by atomic mass is 9.80. The SMILES string of the molecule is O=C(CCc1ccccn1)N1CCOC[C@@H]1[C@@H]1CCCC[C@@H]1O.